The summed E-state index contributed by atoms with van der Waals surface area (Å²) in [6.07, 6.45) is 0. The molecule has 1 heterocycles. The van der Waals surface area contributed by atoms with Gasteiger partial charge in [0.05, 0.1) is 24.6 Å². The van der Waals surface area contributed by atoms with Crippen molar-refractivity contribution in [3.63, 3.8) is 0 Å². The second-order valence-corrected chi connectivity index (χ2v) is 5.40. The molecule has 2 heteroatoms. The Labute approximate surface area is 114 Å². The van der Waals surface area contributed by atoms with Crippen molar-refractivity contribution in [2.45, 2.75) is 27.7 Å². The molecule has 0 bridgehead atoms. The second kappa shape index (κ2) is 4.46. The third kappa shape index (κ3) is 1.87. The fourth-order valence-corrected chi connectivity index (χ4v) is 2.93. The first-order valence-electron chi connectivity index (χ1n) is 6.73. The molecule has 0 radical (unpaired) electrons. The third-order valence-corrected chi connectivity index (χ3v) is 4.14. The number of hydrogen-bond donors (Lipinski definition) is 0. The molecule has 1 saturated heterocycles. The summed E-state index contributed by atoms with van der Waals surface area (Å²) in [5.74, 6) is 0. The predicted octanol–water partition coefficient (Wildman–Crippen LogP) is 4.05. The molecular weight excluding hydrogens is 234 g/mol. The fourth-order valence-electron chi connectivity index (χ4n) is 2.93. The van der Waals surface area contributed by atoms with E-state index in [1.165, 1.54) is 33.4 Å². The standard InChI is InChI=1S/C17H19NO/c1-10-6-5-7-11(2)16(10)18-17-12(3)14-8-19-9-15(14)13(17)4/h5-7H,8-9H2,1-4H3. The van der Waals surface area contributed by atoms with E-state index in [9.17, 15) is 0 Å². The van der Waals surface area contributed by atoms with Crippen LogP contribution in [0.2, 0.25) is 0 Å². The summed E-state index contributed by atoms with van der Waals surface area (Å²) in [6, 6.07) is 6.33. The van der Waals surface area contributed by atoms with Crippen molar-refractivity contribution in [2.75, 3.05) is 13.2 Å². The number of nitrogens with zero attached hydrogens (tertiary/aromatic N) is 1. The number of para-hydroxylation sites is 1. The number of allylic oxidation sites excluding steroid dienone is 2. The van der Waals surface area contributed by atoms with Gasteiger partial charge in [-0.3, -0.25) is 0 Å². The molecule has 3 rings (SSSR count). The Kier molecular flexibility index (Phi) is 2.90. The summed E-state index contributed by atoms with van der Waals surface area (Å²) >= 11 is 0. The maximum atomic E-state index is 5.53. The summed E-state index contributed by atoms with van der Waals surface area (Å²) < 4.78 is 5.53. The van der Waals surface area contributed by atoms with Crippen LogP contribution in [0.25, 0.3) is 0 Å². The van der Waals surface area contributed by atoms with Crippen molar-refractivity contribution in [1.82, 2.24) is 0 Å². The molecule has 98 valence electrons. The van der Waals surface area contributed by atoms with Gasteiger partial charge in [-0.05, 0) is 61.1 Å². The van der Waals surface area contributed by atoms with Crippen LogP contribution >= 0.6 is 0 Å². The Bertz CT molecular complexity index is 599. The summed E-state index contributed by atoms with van der Waals surface area (Å²) in [5, 5.41) is 0. The highest BCUT2D eigenvalue weighted by atomic mass is 16.5. The number of aryl methyl sites for hydroxylation is 2. The zero-order valence-corrected chi connectivity index (χ0v) is 12.0. The molecule has 0 unspecified atom stereocenters. The lowest BCUT2D eigenvalue weighted by molar-refractivity contribution is 0.214. The first-order valence-corrected chi connectivity index (χ1v) is 6.73. The maximum absolute atomic E-state index is 5.53. The van der Waals surface area contributed by atoms with E-state index in [4.69, 9.17) is 9.73 Å². The van der Waals surface area contributed by atoms with Gasteiger partial charge in [0.2, 0.25) is 0 Å². The molecule has 2 aliphatic rings. The number of benzene rings is 1. The van der Waals surface area contributed by atoms with E-state index < -0.39 is 0 Å². The maximum Gasteiger partial charge on any atom is 0.0728 e. The van der Waals surface area contributed by atoms with Crippen LogP contribution < -0.4 is 0 Å². The molecule has 1 aromatic carbocycles. The molecule has 19 heavy (non-hydrogen) atoms. The lowest BCUT2D eigenvalue weighted by atomic mass is 10.1. The van der Waals surface area contributed by atoms with Crippen LogP contribution in [-0.4, -0.2) is 18.9 Å². The van der Waals surface area contributed by atoms with E-state index in [-0.39, 0.29) is 0 Å². The van der Waals surface area contributed by atoms with E-state index >= 15 is 0 Å². The highest BCUT2D eigenvalue weighted by Gasteiger charge is 2.29. The number of ether oxygens (including phenoxy) is 1. The zero-order valence-electron chi connectivity index (χ0n) is 12.0. The summed E-state index contributed by atoms with van der Waals surface area (Å²) in [6.45, 7) is 10.0. The van der Waals surface area contributed by atoms with Crippen molar-refractivity contribution in [3.8, 4) is 0 Å². The lowest BCUT2D eigenvalue weighted by Crippen LogP contribution is -2.01. The van der Waals surface area contributed by atoms with Gasteiger partial charge in [0, 0.05) is 0 Å². The Morgan fingerprint density at radius 3 is 1.95 bits per heavy atom. The Morgan fingerprint density at radius 1 is 0.895 bits per heavy atom. The second-order valence-electron chi connectivity index (χ2n) is 5.40. The minimum Gasteiger partial charge on any atom is -0.372 e. The minimum absolute atomic E-state index is 0.740. The van der Waals surface area contributed by atoms with Crippen LogP contribution in [0.3, 0.4) is 0 Å². The lowest BCUT2D eigenvalue weighted by Gasteiger charge is -2.08. The molecule has 1 aliphatic carbocycles. The normalized spacial score (nSPS) is 18.4. The predicted molar refractivity (Wildman–Crippen MR) is 79.2 cm³/mol. The van der Waals surface area contributed by atoms with Crippen molar-refractivity contribution < 1.29 is 4.74 Å². The molecule has 1 aromatic rings. The molecular formula is C17H19NO. The van der Waals surface area contributed by atoms with Gasteiger partial charge in [0.1, 0.15) is 0 Å². The molecule has 0 amide bonds. The topological polar surface area (TPSA) is 21.6 Å². The molecule has 1 fully saturated rings. The van der Waals surface area contributed by atoms with E-state index in [0.29, 0.717) is 0 Å². The SMILES string of the molecule is CC1=C2COCC2=C(C)C1=Nc1c(C)cccc1C. The smallest absolute Gasteiger partial charge is 0.0728 e. The van der Waals surface area contributed by atoms with Gasteiger partial charge in [-0.1, -0.05) is 18.2 Å². The Balaban J connectivity index is 2.14. The van der Waals surface area contributed by atoms with Gasteiger partial charge in [-0.25, -0.2) is 4.99 Å². The molecule has 2 nitrogen and oxygen atoms in total. The van der Waals surface area contributed by atoms with Crippen LogP contribution in [0.15, 0.2) is 45.5 Å². The summed E-state index contributed by atoms with van der Waals surface area (Å²) in [7, 11) is 0. The molecule has 0 saturated carbocycles. The van der Waals surface area contributed by atoms with Crippen molar-refractivity contribution >= 4 is 11.4 Å². The summed E-state index contributed by atoms with van der Waals surface area (Å²) in [4.78, 5) is 4.95. The van der Waals surface area contributed by atoms with E-state index in [2.05, 4.69) is 45.9 Å². The number of rotatable bonds is 1. The van der Waals surface area contributed by atoms with Gasteiger partial charge in [0.25, 0.3) is 0 Å². The fraction of sp³-hybridized carbons (Fsp3) is 0.353. The van der Waals surface area contributed by atoms with Crippen molar-refractivity contribution in [1.29, 1.82) is 0 Å². The van der Waals surface area contributed by atoms with Crippen LogP contribution in [-0.2, 0) is 4.74 Å². The van der Waals surface area contributed by atoms with Gasteiger partial charge >= 0.3 is 0 Å². The molecule has 0 spiro atoms. The van der Waals surface area contributed by atoms with E-state index in [1.54, 1.807) is 0 Å². The quantitative estimate of drug-likeness (QED) is 0.739. The summed E-state index contributed by atoms with van der Waals surface area (Å²) in [5.41, 5.74) is 9.99. The Hall–Kier alpha value is -1.67. The van der Waals surface area contributed by atoms with Crippen LogP contribution in [0.1, 0.15) is 25.0 Å². The van der Waals surface area contributed by atoms with Gasteiger partial charge in [0.15, 0.2) is 0 Å². The Morgan fingerprint density at radius 2 is 1.42 bits per heavy atom. The molecule has 0 N–H and O–H groups in total. The van der Waals surface area contributed by atoms with E-state index in [1.807, 2.05) is 0 Å². The first kappa shape index (κ1) is 12.4. The van der Waals surface area contributed by atoms with Crippen LogP contribution in [0.4, 0.5) is 5.69 Å². The highest BCUT2D eigenvalue weighted by Crippen LogP contribution is 2.36. The minimum atomic E-state index is 0.740. The van der Waals surface area contributed by atoms with Crippen LogP contribution in [0, 0.1) is 13.8 Å². The molecule has 0 aromatic heterocycles. The van der Waals surface area contributed by atoms with Crippen molar-refractivity contribution in [3.05, 3.63) is 51.6 Å². The largest absolute Gasteiger partial charge is 0.372 e. The average molecular weight is 253 g/mol. The number of aliphatic imine (C=N–C) groups is 1. The zero-order chi connectivity index (χ0) is 13.6. The number of fused-ring (bicyclic) bond motifs is 1. The first-order chi connectivity index (χ1) is 9.09. The third-order valence-electron chi connectivity index (χ3n) is 4.14. The van der Waals surface area contributed by atoms with Gasteiger partial charge in [-0.15, -0.1) is 0 Å². The van der Waals surface area contributed by atoms with E-state index in [0.717, 1.165) is 24.6 Å². The van der Waals surface area contributed by atoms with Crippen LogP contribution in [0.5, 0.6) is 0 Å². The molecule has 1 aliphatic heterocycles. The van der Waals surface area contributed by atoms with Gasteiger partial charge < -0.3 is 4.74 Å². The highest BCUT2D eigenvalue weighted by molar-refractivity contribution is 6.17. The monoisotopic (exact) mass is 253 g/mol. The molecule has 0 atom stereocenters. The van der Waals surface area contributed by atoms with Crippen molar-refractivity contribution in [2.24, 2.45) is 4.99 Å². The number of hydrogen-bond acceptors (Lipinski definition) is 2. The average Bonchev–Trinajstić information content (AvgIpc) is 2.93. The van der Waals surface area contributed by atoms with Gasteiger partial charge in [-0.2, -0.15) is 0 Å².